The van der Waals surface area contributed by atoms with Gasteiger partial charge in [-0.3, -0.25) is 0 Å². The zero-order valence-electron chi connectivity index (χ0n) is 10.2. The molecule has 16 heavy (non-hydrogen) atoms. The Morgan fingerprint density at radius 2 is 1.75 bits per heavy atom. The minimum atomic E-state index is 0.0824. The van der Waals surface area contributed by atoms with Crippen LogP contribution < -0.4 is 0 Å². The molecule has 1 aliphatic heterocycles. The minimum absolute atomic E-state index is 0.0824. The van der Waals surface area contributed by atoms with Crippen molar-refractivity contribution in [2.45, 2.75) is 32.6 Å². The molecular weight excluding hydrogens is 211 g/mol. The SMILES string of the molecule is C=C(c1ccc(CC)cc1)P1CCCCC1. The quantitative estimate of drug-likeness (QED) is 0.651. The zero-order valence-corrected chi connectivity index (χ0v) is 11.1. The Labute approximate surface area is 101 Å². The van der Waals surface area contributed by atoms with Crippen molar-refractivity contribution in [2.75, 3.05) is 12.3 Å². The molecule has 1 heteroatoms. The third kappa shape index (κ3) is 2.74. The summed E-state index contributed by atoms with van der Waals surface area (Å²) in [5.41, 5.74) is 2.80. The number of benzene rings is 1. The highest BCUT2D eigenvalue weighted by molar-refractivity contribution is 7.68. The topological polar surface area (TPSA) is 0 Å². The van der Waals surface area contributed by atoms with E-state index < -0.39 is 0 Å². The second-order valence-corrected chi connectivity index (χ2v) is 7.06. The van der Waals surface area contributed by atoms with E-state index in [-0.39, 0.29) is 7.92 Å². The molecule has 2 rings (SSSR count). The van der Waals surface area contributed by atoms with Gasteiger partial charge in [-0.1, -0.05) is 52.1 Å². The van der Waals surface area contributed by atoms with Crippen molar-refractivity contribution in [2.24, 2.45) is 0 Å². The van der Waals surface area contributed by atoms with Gasteiger partial charge in [0.1, 0.15) is 0 Å². The van der Waals surface area contributed by atoms with Crippen LogP contribution in [-0.4, -0.2) is 12.3 Å². The fourth-order valence-corrected chi connectivity index (χ4v) is 4.77. The lowest BCUT2D eigenvalue weighted by Gasteiger charge is -2.24. The molecule has 0 spiro atoms. The lowest BCUT2D eigenvalue weighted by atomic mass is 10.1. The zero-order chi connectivity index (χ0) is 11.4. The van der Waals surface area contributed by atoms with Gasteiger partial charge in [0.15, 0.2) is 0 Å². The first kappa shape index (κ1) is 11.9. The maximum Gasteiger partial charge on any atom is -0.0185 e. The van der Waals surface area contributed by atoms with Crippen LogP contribution >= 0.6 is 7.92 Å². The van der Waals surface area contributed by atoms with Crippen molar-refractivity contribution >= 4 is 13.2 Å². The third-order valence-corrected chi connectivity index (χ3v) is 6.17. The van der Waals surface area contributed by atoms with Crippen LogP contribution in [-0.2, 0) is 6.42 Å². The predicted octanol–water partition coefficient (Wildman–Crippen LogP) is 4.89. The molecule has 0 aliphatic carbocycles. The molecule has 0 N–H and O–H groups in total. The van der Waals surface area contributed by atoms with E-state index in [1.54, 1.807) is 0 Å². The predicted molar refractivity (Wildman–Crippen MR) is 75.4 cm³/mol. The molecule has 1 fully saturated rings. The van der Waals surface area contributed by atoms with E-state index in [1.807, 2.05) is 0 Å². The average Bonchev–Trinajstić information content (AvgIpc) is 2.39. The molecule has 0 atom stereocenters. The van der Waals surface area contributed by atoms with Crippen LogP contribution in [0, 0.1) is 0 Å². The average molecular weight is 232 g/mol. The van der Waals surface area contributed by atoms with Gasteiger partial charge >= 0.3 is 0 Å². The number of aryl methyl sites for hydroxylation is 1. The Morgan fingerprint density at radius 1 is 1.12 bits per heavy atom. The van der Waals surface area contributed by atoms with Crippen LogP contribution in [0.3, 0.4) is 0 Å². The second-order valence-electron chi connectivity index (χ2n) is 4.54. The van der Waals surface area contributed by atoms with Crippen molar-refractivity contribution in [1.29, 1.82) is 0 Å². The Bertz CT molecular complexity index is 344. The molecule has 0 nitrogen and oxygen atoms in total. The standard InChI is InChI=1S/C15H21P/c1-3-14-7-9-15(10-8-14)13(2)16-11-5-4-6-12-16/h7-10H,2-6,11-12H2,1H3. The van der Waals surface area contributed by atoms with E-state index in [2.05, 4.69) is 37.8 Å². The monoisotopic (exact) mass is 232 g/mol. The Morgan fingerprint density at radius 3 is 2.31 bits per heavy atom. The van der Waals surface area contributed by atoms with Crippen molar-refractivity contribution < 1.29 is 0 Å². The van der Waals surface area contributed by atoms with Gasteiger partial charge in [0.2, 0.25) is 0 Å². The van der Waals surface area contributed by atoms with Crippen molar-refractivity contribution in [3.8, 4) is 0 Å². The van der Waals surface area contributed by atoms with E-state index in [4.69, 9.17) is 0 Å². The summed E-state index contributed by atoms with van der Waals surface area (Å²) >= 11 is 0. The molecule has 1 heterocycles. The van der Waals surface area contributed by atoms with Crippen LogP contribution in [0.15, 0.2) is 30.8 Å². The molecule has 1 aliphatic rings. The summed E-state index contributed by atoms with van der Waals surface area (Å²) < 4.78 is 0. The second kappa shape index (κ2) is 5.64. The highest BCUT2D eigenvalue weighted by atomic mass is 31.1. The van der Waals surface area contributed by atoms with Gasteiger partial charge in [0.25, 0.3) is 0 Å². The summed E-state index contributed by atoms with van der Waals surface area (Å²) in [6.07, 6.45) is 8.20. The Balaban J connectivity index is 2.07. The van der Waals surface area contributed by atoms with Crippen molar-refractivity contribution in [1.82, 2.24) is 0 Å². The molecule has 1 saturated heterocycles. The highest BCUT2D eigenvalue weighted by Gasteiger charge is 2.16. The van der Waals surface area contributed by atoms with E-state index in [0.717, 1.165) is 6.42 Å². The fourth-order valence-electron chi connectivity index (χ4n) is 2.28. The van der Waals surface area contributed by atoms with Gasteiger partial charge in [-0.2, -0.15) is 0 Å². The van der Waals surface area contributed by atoms with E-state index >= 15 is 0 Å². The molecule has 0 amide bonds. The maximum absolute atomic E-state index is 4.33. The maximum atomic E-state index is 4.33. The molecule has 86 valence electrons. The lowest BCUT2D eigenvalue weighted by molar-refractivity contribution is 0.756. The van der Waals surface area contributed by atoms with Crippen LogP contribution in [0.1, 0.15) is 37.3 Å². The molecule has 0 unspecified atom stereocenters. The van der Waals surface area contributed by atoms with Crippen LogP contribution in [0.25, 0.3) is 5.31 Å². The molecule has 0 saturated carbocycles. The van der Waals surface area contributed by atoms with Crippen molar-refractivity contribution in [3.05, 3.63) is 42.0 Å². The van der Waals surface area contributed by atoms with Crippen LogP contribution in [0.5, 0.6) is 0 Å². The van der Waals surface area contributed by atoms with Gasteiger partial charge in [-0.05, 0) is 48.0 Å². The molecule has 0 aromatic heterocycles. The third-order valence-electron chi connectivity index (χ3n) is 3.43. The molecule has 0 radical (unpaired) electrons. The molecule has 1 aromatic rings. The van der Waals surface area contributed by atoms with E-state index in [0.29, 0.717) is 0 Å². The van der Waals surface area contributed by atoms with Gasteiger partial charge in [-0.25, -0.2) is 0 Å². The first-order chi connectivity index (χ1) is 7.81. The summed E-state index contributed by atoms with van der Waals surface area (Å²) in [5.74, 6) is 0. The number of rotatable bonds is 3. The Kier molecular flexibility index (Phi) is 4.18. The minimum Gasteiger partial charge on any atom is -0.0907 e. The first-order valence-corrected chi connectivity index (χ1v) is 8.05. The van der Waals surface area contributed by atoms with Crippen LogP contribution in [0.4, 0.5) is 0 Å². The van der Waals surface area contributed by atoms with Crippen molar-refractivity contribution in [3.63, 3.8) is 0 Å². The molecule has 1 aromatic carbocycles. The van der Waals surface area contributed by atoms with Crippen LogP contribution in [0.2, 0.25) is 0 Å². The van der Waals surface area contributed by atoms with Gasteiger partial charge in [0.05, 0.1) is 0 Å². The number of hydrogen-bond acceptors (Lipinski definition) is 0. The Hall–Kier alpha value is -0.610. The van der Waals surface area contributed by atoms with Gasteiger partial charge < -0.3 is 0 Å². The summed E-state index contributed by atoms with van der Waals surface area (Å²) in [6.45, 7) is 6.54. The normalized spacial score (nSPS) is 17.3. The smallest absolute Gasteiger partial charge is 0.0185 e. The van der Waals surface area contributed by atoms with E-state index in [9.17, 15) is 0 Å². The highest BCUT2D eigenvalue weighted by Crippen LogP contribution is 2.52. The largest absolute Gasteiger partial charge is 0.0907 e. The molecule has 0 bridgehead atoms. The molecular formula is C15H21P. The first-order valence-electron chi connectivity index (χ1n) is 6.34. The summed E-state index contributed by atoms with van der Waals surface area (Å²) in [4.78, 5) is 0. The fraction of sp³-hybridized carbons (Fsp3) is 0.467. The summed E-state index contributed by atoms with van der Waals surface area (Å²) in [6, 6.07) is 9.02. The van der Waals surface area contributed by atoms with Gasteiger partial charge in [0, 0.05) is 0 Å². The number of hydrogen-bond donors (Lipinski definition) is 0. The summed E-state index contributed by atoms with van der Waals surface area (Å²) in [7, 11) is 0.0824. The summed E-state index contributed by atoms with van der Waals surface area (Å²) in [5, 5.41) is 1.43. The van der Waals surface area contributed by atoms with E-state index in [1.165, 1.54) is 48.0 Å². The lowest BCUT2D eigenvalue weighted by Crippen LogP contribution is -2.00. The van der Waals surface area contributed by atoms with Gasteiger partial charge in [-0.15, -0.1) is 0 Å².